The molecule has 2 aliphatic heterocycles. The molecule has 2 aliphatic rings. The summed E-state index contributed by atoms with van der Waals surface area (Å²) in [7, 11) is 0. The predicted octanol–water partition coefficient (Wildman–Crippen LogP) is 5.98. The molecule has 1 fully saturated rings. The van der Waals surface area contributed by atoms with Crippen LogP contribution in [0.1, 0.15) is 37.4 Å². The number of rotatable bonds is 6. The molecule has 6 nitrogen and oxygen atoms in total. The summed E-state index contributed by atoms with van der Waals surface area (Å²) < 4.78 is 6.06. The smallest absolute Gasteiger partial charge is 0.256 e. The first-order chi connectivity index (χ1) is 17.7. The molecule has 0 bridgehead atoms. The van der Waals surface area contributed by atoms with E-state index in [1.807, 2.05) is 49.5 Å². The van der Waals surface area contributed by atoms with Crippen molar-refractivity contribution in [2.75, 3.05) is 31.6 Å². The third-order valence-corrected chi connectivity index (χ3v) is 7.26. The van der Waals surface area contributed by atoms with E-state index in [0.29, 0.717) is 12.2 Å². The van der Waals surface area contributed by atoms with Crippen LogP contribution in [0.2, 0.25) is 0 Å². The van der Waals surface area contributed by atoms with Crippen LogP contribution in [-0.4, -0.2) is 47.0 Å². The number of ether oxygens (including phenoxy) is 1. The number of aromatic nitrogens is 2. The molecule has 6 rings (SSSR count). The lowest BCUT2D eigenvalue weighted by Crippen LogP contribution is -2.33. The summed E-state index contributed by atoms with van der Waals surface area (Å²) in [5, 5.41) is 4.12. The van der Waals surface area contributed by atoms with Gasteiger partial charge in [-0.15, -0.1) is 0 Å². The minimum Gasteiger partial charge on any atom is -0.492 e. The highest BCUT2D eigenvalue weighted by Gasteiger charge is 2.27. The van der Waals surface area contributed by atoms with Gasteiger partial charge in [-0.1, -0.05) is 24.6 Å². The zero-order valence-corrected chi connectivity index (χ0v) is 20.5. The Morgan fingerprint density at radius 3 is 2.75 bits per heavy atom. The molecule has 0 aliphatic carbocycles. The highest BCUT2D eigenvalue weighted by Crippen LogP contribution is 2.39. The van der Waals surface area contributed by atoms with Gasteiger partial charge in [0.15, 0.2) is 0 Å². The van der Waals surface area contributed by atoms with Crippen LogP contribution in [0.5, 0.6) is 5.75 Å². The topological polar surface area (TPSA) is 70.2 Å². The molecule has 0 saturated carbocycles. The molecule has 4 aromatic rings. The summed E-state index contributed by atoms with van der Waals surface area (Å²) in [5.74, 6) is 0.800. The fourth-order valence-electron chi connectivity index (χ4n) is 5.27. The number of nitrogens with zero attached hydrogens (tertiary/aromatic N) is 2. The van der Waals surface area contributed by atoms with Crippen molar-refractivity contribution in [1.29, 1.82) is 0 Å². The van der Waals surface area contributed by atoms with Gasteiger partial charge in [0.1, 0.15) is 12.4 Å². The number of likely N-dealkylation sites (tertiary alicyclic amines) is 1. The Morgan fingerprint density at radius 2 is 1.92 bits per heavy atom. The fourth-order valence-corrected chi connectivity index (χ4v) is 5.27. The molecule has 36 heavy (non-hydrogen) atoms. The molecular weight excluding hydrogens is 448 g/mol. The Morgan fingerprint density at radius 1 is 1.03 bits per heavy atom. The van der Waals surface area contributed by atoms with E-state index < -0.39 is 0 Å². The van der Waals surface area contributed by atoms with Crippen LogP contribution in [0.3, 0.4) is 0 Å². The maximum atomic E-state index is 13.0. The van der Waals surface area contributed by atoms with E-state index in [2.05, 4.69) is 38.4 Å². The SMILES string of the molecule is C/C(=C1/C(=O)Nc2cc(-c3cccnc3)ccc21)c1cc2cc(OCCN3CCCCC3)ccc2[nH]1. The summed E-state index contributed by atoms with van der Waals surface area (Å²) in [6.07, 6.45) is 7.52. The van der Waals surface area contributed by atoms with Gasteiger partial charge in [0.05, 0.1) is 5.57 Å². The monoisotopic (exact) mass is 478 g/mol. The van der Waals surface area contributed by atoms with Crippen molar-refractivity contribution >= 4 is 33.6 Å². The van der Waals surface area contributed by atoms with Gasteiger partial charge in [-0.3, -0.25) is 14.7 Å². The second kappa shape index (κ2) is 9.63. The molecule has 182 valence electrons. The lowest BCUT2D eigenvalue weighted by atomic mass is 9.97. The van der Waals surface area contributed by atoms with E-state index in [0.717, 1.165) is 56.8 Å². The molecule has 2 aromatic heterocycles. The second-order valence-corrected chi connectivity index (χ2v) is 9.64. The summed E-state index contributed by atoms with van der Waals surface area (Å²) >= 11 is 0. The predicted molar refractivity (Wildman–Crippen MR) is 145 cm³/mol. The molecule has 4 heterocycles. The van der Waals surface area contributed by atoms with Crippen molar-refractivity contribution in [3.8, 4) is 16.9 Å². The third-order valence-electron chi connectivity index (χ3n) is 7.26. The lowest BCUT2D eigenvalue weighted by Gasteiger charge is -2.26. The van der Waals surface area contributed by atoms with E-state index in [-0.39, 0.29) is 5.91 Å². The second-order valence-electron chi connectivity index (χ2n) is 9.64. The molecular formula is C30H30N4O2. The number of fused-ring (bicyclic) bond motifs is 2. The maximum Gasteiger partial charge on any atom is 0.256 e. The molecule has 2 N–H and O–H groups in total. The maximum absolute atomic E-state index is 13.0. The number of allylic oxidation sites excluding steroid dienone is 1. The number of carbonyl (C=O) groups is 1. The van der Waals surface area contributed by atoms with Crippen molar-refractivity contribution in [1.82, 2.24) is 14.9 Å². The Labute approximate surface area is 211 Å². The van der Waals surface area contributed by atoms with E-state index in [4.69, 9.17) is 4.74 Å². The number of hydrogen-bond acceptors (Lipinski definition) is 4. The molecule has 1 amide bonds. The van der Waals surface area contributed by atoms with Gasteiger partial charge >= 0.3 is 0 Å². The normalized spacial score (nSPS) is 17.2. The van der Waals surface area contributed by atoms with Crippen molar-refractivity contribution < 1.29 is 9.53 Å². The van der Waals surface area contributed by atoms with Gasteiger partial charge in [-0.2, -0.15) is 0 Å². The first-order valence-corrected chi connectivity index (χ1v) is 12.7. The van der Waals surface area contributed by atoms with E-state index in [1.165, 1.54) is 32.4 Å². The van der Waals surface area contributed by atoms with Crippen molar-refractivity contribution in [2.45, 2.75) is 26.2 Å². The van der Waals surface area contributed by atoms with Crippen molar-refractivity contribution in [3.63, 3.8) is 0 Å². The number of hydrogen-bond donors (Lipinski definition) is 2. The van der Waals surface area contributed by atoms with Gasteiger partial charge in [0.25, 0.3) is 5.91 Å². The van der Waals surface area contributed by atoms with E-state index in [1.54, 1.807) is 6.20 Å². The van der Waals surface area contributed by atoms with Crippen LogP contribution in [-0.2, 0) is 4.79 Å². The Balaban J connectivity index is 1.24. The Bertz CT molecular complexity index is 1450. The summed E-state index contributed by atoms with van der Waals surface area (Å²) in [6.45, 7) is 6.03. The van der Waals surface area contributed by atoms with Gasteiger partial charge in [-0.25, -0.2) is 0 Å². The summed E-state index contributed by atoms with van der Waals surface area (Å²) in [6, 6.07) is 18.3. The number of piperidine rings is 1. The van der Waals surface area contributed by atoms with Crippen molar-refractivity contribution in [3.05, 3.63) is 78.2 Å². The number of pyridine rings is 1. The molecule has 2 aromatic carbocycles. The number of aromatic amines is 1. The van der Waals surface area contributed by atoms with Crippen LogP contribution in [0.25, 0.3) is 33.2 Å². The largest absolute Gasteiger partial charge is 0.492 e. The molecule has 1 saturated heterocycles. The lowest BCUT2D eigenvalue weighted by molar-refractivity contribution is -0.110. The third kappa shape index (κ3) is 4.40. The Hall–Kier alpha value is -3.90. The van der Waals surface area contributed by atoms with Crippen LogP contribution >= 0.6 is 0 Å². The van der Waals surface area contributed by atoms with Crippen LogP contribution in [0, 0.1) is 0 Å². The Kier molecular flexibility index (Phi) is 6.03. The molecule has 6 heteroatoms. The number of carbonyl (C=O) groups excluding carboxylic acids is 1. The van der Waals surface area contributed by atoms with Gasteiger partial charge in [-0.05, 0) is 80.4 Å². The van der Waals surface area contributed by atoms with Crippen molar-refractivity contribution in [2.24, 2.45) is 0 Å². The van der Waals surface area contributed by atoms with Crippen LogP contribution < -0.4 is 10.1 Å². The average Bonchev–Trinajstić information content (AvgIpc) is 3.49. The molecule has 0 radical (unpaired) electrons. The minimum atomic E-state index is -0.0776. The first kappa shape index (κ1) is 22.6. The summed E-state index contributed by atoms with van der Waals surface area (Å²) in [5.41, 5.74) is 7.38. The van der Waals surface area contributed by atoms with Gasteiger partial charge in [0.2, 0.25) is 0 Å². The standard InChI is InChI=1S/C30H30N4O2/c1-20(29-25-9-7-21(17-28(25)33-30(29)35)22-6-5-11-31-19-22)27-18-23-16-24(8-10-26(23)32-27)36-15-14-34-12-3-2-4-13-34/h5-11,16-19,32H,2-4,12-15H2,1H3,(H,33,35)/b29-20-. The van der Waals surface area contributed by atoms with Gasteiger partial charge in [0, 0.05) is 52.3 Å². The number of benzene rings is 2. The number of H-pyrrole nitrogens is 1. The molecule has 0 spiro atoms. The fraction of sp³-hybridized carbons (Fsp3) is 0.267. The molecule has 0 unspecified atom stereocenters. The average molecular weight is 479 g/mol. The number of anilines is 1. The number of nitrogens with one attached hydrogen (secondary N) is 2. The quantitative estimate of drug-likeness (QED) is 0.335. The minimum absolute atomic E-state index is 0.0776. The molecule has 0 atom stereocenters. The number of amides is 1. The zero-order valence-electron chi connectivity index (χ0n) is 20.5. The van der Waals surface area contributed by atoms with Gasteiger partial charge < -0.3 is 15.0 Å². The van der Waals surface area contributed by atoms with Crippen LogP contribution in [0.15, 0.2) is 67.0 Å². The first-order valence-electron chi connectivity index (χ1n) is 12.7. The summed E-state index contributed by atoms with van der Waals surface area (Å²) in [4.78, 5) is 23.2. The van der Waals surface area contributed by atoms with E-state index >= 15 is 0 Å². The van der Waals surface area contributed by atoms with E-state index in [9.17, 15) is 4.79 Å². The van der Waals surface area contributed by atoms with Crippen LogP contribution in [0.4, 0.5) is 5.69 Å². The zero-order chi connectivity index (χ0) is 24.5. The highest BCUT2D eigenvalue weighted by molar-refractivity contribution is 6.36. The highest BCUT2D eigenvalue weighted by atomic mass is 16.5.